The van der Waals surface area contributed by atoms with E-state index in [9.17, 15) is 14.9 Å². The van der Waals surface area contributed by atoms with Crippen LogP contribution in [-0.2, 0) is 16.6 Å². The van der Waals surface area contributed by atoms with E-state index in [2.05, 4.69) is 16.5 Å². The van der Waals surface area contributed by atoms with Gasteiger partial charge in [0.05, 0.1) is 35.5 Å². The van der Waals surface area contributed by atoms with Crippen LogP contribution in [0.3, 0.4) is 0 Å². The quantitative estimate of drug-likeness (QED) is 0.750. The number of thioether (sulfide) groups is 1. The molecule has 0 spiro atoms. The number of nitriles is 1. The Kier molecular flexibility index (Phi) is 6.31. The second kappa shape index (κ2) is 8.71. The van der Waals surface area contributed by atoms with Crippen LogP contribution < -0.4 is 5.32 Å². The minimum absolute atomic E-state index is 0.320. The Morgan fingerprint density at radius 1 is 1.57 bits per heavy atom. The van der Waals surface area contributed by atoms with Gasteiger partial charge in [-0.2, -0.15) is 10.4 Å². The molecule has 0 bridgehead atoms. The molecule has 0 radical (unpaired) electrons. The van der Waals surface area contributed by atoms with Gasteiger partial charge in [-0.15, -0.1) is 11.8 Å². The largest absolute Gasteiger partial charge is 0.450 e. The summed E-state index contributed by atoms with van der Waals surface area (Å²) in [5.74, 6) is -0.748. The molecule has 0 aromatic carbocycles. The van der Waals surface area contributed by atoms with Crippen molar-refractivity contribution in [2.24, 2.45) is 13.0 Å². The first-order valence-corrected chi connectivity index (χ1v) is 10.1. The molecule has 0 fully saturated rings. The zero-order chi connectivity index (χ0) is 20.3. The molecule has 28 heavy (non-hydrogen) atoms. The normalized spacial score (nSPS) is 21.6. The van der Waals surface area contributed by atoms with Gasteiger partial charge in [-0.3, -0.25) is 9.48 Å². The highest BCUT2D eigenvalue weighted by atomic mass is 35.5. The Morgan fingerprint density at radius 2 is 2.36 bits per heavy atom. The van der Waals surface area contributed by atoms with Crippen LogP contribution >= 0.6 is 23.4 Å². The number of carbonyl (C=O) groups excluding carboxylic acids is 2. The Bertz CT molecular complexity index is 888. The fourth-order valence-corrected chi connectivity index (χ4v) is 4.85. The molecule has 1 aromatic rings. The number of aryl methyl sites for hydroxylation is 1. The van der Waals surface area contributed by atoms with E-state index in [4.69, 9.17) is 16.3 Å². The number of aromatic nitrogens is 2. The number of hydrogen-bond acceptors (Lipinski definition) is 6. The van der Waals surface area contributed by atoms with E-state index in [0.29, 0.717) is 36.8 Å². The van der Waals surface area contributed by atoms with E-state index in [0.717, 1.165) is 10.5 Å². The van der Waals surface area contributed by atoms with Crippen molar-refractivity contribution in [3.8, 4) is 6.07 Å². The predicted octanol–water partition coefficient (Wildman–Crippen LogP) is 2.53. The number of carbonyl (C=O) groups is 2. The molecule has 2 atom stereocenters. The minimum Gasteiger partial charge on any atom is -0.450 e. The summed E-state index contributed by atoms with van der Waals surface area (Å²) < 4.78 is 6.61. The molecule has 2 unspecified atom stereocenters. The van der Waals surface area contributed by atoms with Crippen molar-refractivity contribution in [2.45, 2.75) is 18.7 Å². The van der Waals surface area contributed by atoms with Crippen LogP contribution in [0.4, 0.5) is 4.79 Å². The van der Waals surface area contributed by atoms with E-state index in [1.165, 1.54) is 23.9 Å². The number of halogens is 1. The highest BCUT2D eigenvalue weighted by Gasteiger charge is 2.39. The third-order valence-electron chi connectivity index (χ3n) is 4.44. The maximum Gasteiger partial charge on any atom is 0.410 e. The van der Waals surface area contributed by atoms with Crippen molar-refractivity contribution in [3.05, 3.63) is 33.5 Å². The predicted molar refractivity (Wildman–Crippen MR) is 106 cm³/mol. The lowest BCUT2D eigenvalue weighted by Crippen LogP contribution is -2.37. The van der Waals surface area contributed by atoms with Crippen molar-refractivity contribution in [1.82, 2.24) is 20.0 Å². The summed E-state index contributed by atoms with van der Waals surface area (Å²) in [6.45, 7) is 3.00. The molecule has 2 aliphatic heterocycles. The summed E-state index contributed by atoms with van der Waals surface area (Å²) in [5.41, 5.74) is 1.49. The fourth-order valence-electron chi connectivity index (χ4n) is 3.16. The van der Waals surface area contributed by atoms with Gasteiger partial charge in [0.1, 0.15) is 5.69 Å². The summed E-state index contributed by atoms with van der Waals surface area (Å²) in [5, 5.41) is 16.7. The second-order valence-electron chi connectivity index (χ2n) is 6.34. The van der Waals surface area contributed by atoms with Crippen molar-refractivity contribution in [3.63, 3.8) is 0 Å². The molecule has 8 nitrogen and oxygen atoms in total. The van der Waals surface area contributed by atoms with Gasteiger partial charge in [-0.25, -0.2) is 4.79 Å². The lowest BCUT2D eigenvalue weighted by Gasteiger charge is -2.27. The van der Waals surface area contributed by atoms with Crippen LogP contribution in [0, 0.1) is 17.2 Å². The van der Waals surface area contributed by atoms with Crippen LogP contribution in [0.15, 0.2) is 22.8 Å². The van der Waals surface area contributed by atoms with E-state index >= 15 is 0 Å². The number of amides is 2. The maximum atomic E-state index is 12.3. The highest BCUT2D eigenvalue weighted by Crippen LogP contribution is 2.44. The zero-order valence-electron chi connectivity index (χ0n) is 15.5. The average molecular weight is 422 g/mol. The van der Waals surface area contributed by atoms with Crippen molar-refractivity contribution in [1.29, 1.82) is 5.26 Å². The first kappa shape index (κ1) is 20.3. The van der Waals surface area contributed by atoms with E-state index in [1.54, 1.807) is 29.7 Å². The molecular formula is C18H20ClN5O3S. The highest BCUT2D eigenvalue weighted by molar-refractivity contribution is 8.04. The van der Waals surface area contributed by atoms with Crippen molar-refractivity contribution in [2.75, 3.05) is 19.7 Å². The molecule has 2 aliphatic rings. The summed E-state index contributed by atoms with van der Waals surface area (Å²) in [7, 11) is 1.74. The first-order chi connectivity index (χ1) is 13.4. The van der Waals surface area contributed by atoms with Gasteiger partial charge in [0, 0.05) is 30.8 Å². The molecule has 0 saturated carbocycles. The topological polar surface area (TPSA) is 100 Å². The van der Waals surface area contributed by atoms with Crippen LogP contribution in [0.2, 0.25) is 5.02 Å². The third kappa shape index (κ3) is 4.34. The molecule has 3 heterocycles. The number of nitrogens with zero attached hydrogens (tertiary/aromatic N) is 4. The summed E-state index contributed by atoms with van der Waals surface area (Å²) >= 11 is 7.45. The summed E-state index contributed by atoms with van der Waals surface area (Å²) in [4.78, 5) is 26.8. The standard InChI is InChI=1S/C18H20ClN5O3S/c1-3-27-18(26)24-7-6-11-12(8-20)17(28-15(11)10-24)21-16(25)5-4-14-13(19)9-23(2)22-14/h4-5,9,12,17H,3,6-7,10H2,1-2H3,(H,21,25)/b5-4+. The molecule has 1 aromatic heterocycles. The van der Waals surface area contributed by atoms with Crippen molar-refractivity contribution >= 4 is 41.4 Å². The summed E-state index contributed by atoms with van der Waals surface area (Å²) in [6, 6.07) is 2.29. The van der Waals surface area contributed by atoms with Gasteiger partial charge in [-0.1, -0.05) is 11.6 Å². The molecule has 1 N–H and O–H groups in total. The molecular weight excluding hydrogens is 402 g/mol. The number of rotatable bonds is 4. The third-order valence-corrected chi connectivity index (χ3v) is 6.05. The Hall–Kier alpha value is -2.44. The van der Waals surface area contributed by atoms with Crippen LogP contribution in [-0.4, -0.2) is 51.8 Å². The lowest BCUT2D eigenvalue weighted by molar-refractivity contribution is -0.116. The van der Waals surface area contributed by atoms with Gasteiger partial charge < -0.3 is 15.0 Å². The lowest BCUT2D eigenvalue weighted by atomic mass is 9.94. The Morgan fingerprint density at radius 3 is 3.00 bits per heavy atom. The Balaban J connectivity index is 1.63. The smallest absolute Gasteiger partial charge is 0.410 e. The average Bonchev–Trinajstić information content (AvgIpc) is 3.17. The molecule has 10 heteroatoms. The van der Waals surface area contributed by atoms with Gasteiger partial charge in [0.25, 0.3) is 0 Å². The maximum absolute atomic E-state index is 12.3. The van der Waals surface area contributed by atoms with E-state index in [1.807, 2.05) is 0 Å². The van der Waals surface area contributed by atoms with Crippen LogP contribution in [0.25, 0.3) is 6.08 Å². The SMILES string of the molecule is CCOC(=O)N1CCC2=C(C1)SC(NC(=O)/C=C/c1nn(C)cc1Cl)C2C#N. The van der Waals surface area contributed by atoms with E-state index < -0.39 is 11.3 Å². The number of ether oxygens (including phenoxy) is 1. The molecule has 2 amide bonds. The van der Waals surface area contributed by atoms with Crippen LogP contribution in [0.5, 0.6) is 0 Å². The zero-order valence-corrected chi connectivity index (χ0v) is 17.1. The molecule has 0 saturated heterocycles. The first-order valence-electron chi connectivity index (χ1n) is 8.80. The van der Waals surface area contributed by atoms with Gasteiger partial charge in [0.15, 0.2) is 0 Å². The Labute approximate surface area is 172 Å². The monoisotopic (exact) mass is 421 g/mol. The van der Waals surface area contributed by atoms with Gasteiger partial charge in [0.2, 0.25) is 5.91 Å². The van der Waals surface area contributed by atoms with E-state index in [-0.39, 0.29) is 12.0 Å². The second-order valence-corrected chi connectivity index (χ2v) is 7.99. The fraction of sp³-hybridized carbons (Fsp3) is 0.444. The van der Waals surface area contributed by atoms with Crippen LogP contribution in [0.1, 0.15) is 19.0 Å². The molecule has 0 aliphatic carbocycles. The number of nitrogens with one attached hydrogen (secondary N) is 1. The number of hydrogen-bond donors (Lipinski definition) is 1. The molecule has 3 rings (SSSR count). The van der Waals surface area contributed by atoms with Crippen molar-refractivity contribution < 1.29 is 14.3 Å². The van der Waals surface area contributed by atoms with Gasteiger partial charge >= 0.3 is 6.09 Å². The van der Waals surface area contributed by atoms with Gasteiger partial charge in [-0.05, 0) is 25.0 Å². The summed E-state index contributed by atoms with van der Waals surface area (Å²) in [6.07, 6.45) is 4.78. The minimum atomic E-state index is -0.417. The molecule has 148 valence electrons.